The fraction of sp³-hybridized carbons (Fsp3) is 0.526. The first-order valence-corrected chi connectivity index (χ1v) is 8.61. The highest BCUT2D eigenvalue weighted by Crippen LogP contribution is 2.44. The predicted molar refractivity (Wildman–Crippen MR) is 94.2 cm³/mol. The summed E-state index contributed by atoms with van der Waals surface area (Å²) in [5.74, 6) is -1.65. The molecule has 1 aliphatic heterocycles. The van der Waals surface area contributed by atoms with Crippen LogP contribution in [0.3, 0.4) is 0 Å². The number of hydroxylamine groups is 2. The molecule has 1 fully saturated rings. The van der Waals surface area contributed by atoms with E-state index < -0.39 is 29.6 Å². The molecule has 0 amide bonds. The van der Waals surface area contributed by atoms with E-state index in [4.69, 9.17) is 19.0 Å². The van der Waals surface area contributed by atoms with Crippen LogP contribution in [-0.2, 0) is 33.4 Å². The lowest BCUT2D eigenvalue weighted by atomic mass is 9.89. The lowest BCUT2D eigenvalue weighted by molar-refractivity contribution is -0.237. The standard InChI is InChI=1S/C19H25NO7/c1-13(10-16(21)24-2)20-15(14-8-6-5-7-9-14)11-19(27-20,18(23)26-4)12-17(22)25-3/h5-9,13,15H,10-12H2,1-4H3. The second-order valence-electron chi connectivity index (χ2n) is 6.45. The number of esters is 3. The van der Waals surface area contributed by atoms with Crippen LogP contribution in [-0.4, -0.2) is 55.9 Å². The summed E-state index contributed by atoms with van der Waals surface area (Å²) in [6.45, 7) is 1.79. The van der Waals surface area contributed by atoms with Crippen LogP contribution in [0, 0.1) is 0 Å². The molecule has 148 valence electrons. The zero-order valence-electron chi connectivity index (χ0n) is 16.0. The molecule has 3 unspecified atom stereocenters. The molecule has 0 N–H and O–H groups in total. The summed E-state index contributed by atoms with van der Waals surface area (Å²) < 4.78 is 14.4. The molecule has 0 saturated carbocycles. The van der Waals surface area contributed by atoms with Gasteiger partial charge in [0.1, 0.15) is 0 Å². The van der Waals surface area contributed by atoms with E-state index in [-0.39, 0.29) is 25.3 Å². The van der Waals surface area contributed by atoms with Gasteiger partial charge in [-0.3, -0.25) is 14.4 Å². The molecule has 1 heterocycles. The predicted octanol–water partition coefficient (Wildman–Crippen LogP) is 1.79. The number of benzene rings is 1. The Morgan fingerprint density at radius 3 is 2.30 bits per heavy atom. The largest absolute Gasteiger partial charge is 0.469 e. The average molecular weight is 379 g/mol. The van der Waals surface area contributed by atoms with Crippen LogP contribution >= 0.6 is 0 Å². The number of methoxy groups -OCH3 is 3. The van der Waals surface area contributed by atoms with E-state index in [1.165, 1.54) is 21.3 Å². The minimum atomic E-state index is -1.52. The number of rotatable bonds is 7. The van der Waals surface area contributed by atoms with Crippen molar-refractivity contribution in [3.8, 4) is 0 Å². The number of carbonyl (C=O) groups is 3. The molecule has 1 aromatic carbocycles. The number of carbonyl (C=O) groups excluding carboxylic acids is 3. The van der Waals surface area contributed by atoms with Gasteiger partial charge >= 0.3 is 17.9 Å². The van der Waals surface area contributed by atoms with Crippen molar-refractivity contribution in [1.29, 1.82) is 0 Å². The van der Waals surface area contributed by atoms with Gasteiger partial charge in [0, 0.05) is 12.5 Å². The van der Waals surface area contributed by atoms with Crippen molar-refractivity contribution >= 4 is 17.9 Å². The van der Waals surface area contributed by atoms with Crippen LogP contribution in [0.1, 0.15) is 37.8 Å². The molecule has 3 atom stereocenters. The maximum atomic E-state index is 12.5. The minimum Gasteiger partial charge on any atom is -0.469 e. The summed E-state index contributed by atoms with van der Waals surface area (Å²) in [5.41, 5.74) is -0.628. The second-order valence-corrected chi connectivity index (χ2v) is 6.45. The first-order chi connectivity index (χ1) is 12.9. The highest BCUT2D eigenvalue weighted by molar-refractivity contribution is 5.86. The second kappa shape index (κ2) is 8.96. The van der Waals surface area contributed by atoms with Gasteiger partial charge in [0.2, 0.25) is 0 Å². The number of hydrogen-bond donors (Lipinski definition) is 0. The summed E-state index contributed by atoms with van der Waals surface area (Å²) in [4.78, 5) is 42.2. The van der Waals surface area contributed by atoms with Crippen molar-refractivity contribution in [2.24, 2.45) is 0 Å². The van der Waals surface area contributed by atoms with E-state index in [0.717, 1.165) is 5.56 Å². The van der Waals surface area contributed by atoms with Crippen LogP contribution in [0.25, 0.3) is 0 Å². The highest BCUT2D eigenvalue weighted by atomic mass is 16.7. The summed E-state index contributed by atoms with van der Waals surface area (Å²) in [6.07, 6.45) is -0.0411. The first kappa shape index (κ1) is 20.9. The molecule has 0 spiro atoms. The van der Waals surface area contributed by atoms with Crippen LogP contribution in [0.15, 0.2) is 30.3 Å². The molecule has 8 heteroatoms. The van der Waals surface area contributed by atoms with Gasteiger partial charge in [0.15, 0.2) is 5.60 Å². The maximum absolute atomic E-state index is 12.5. The van der Waals surface area contributed by atoms with E-state index in [2.05, 4.69) is 0 Å². The molecule has 1 aromatic rings. The van der Waals surface area contributed by atoms with Gasteiger partial charge < -0.3 is 14.2 Å². The average Bonchev–Trinajstić information content (AvgIpc) is 3.08. The van der Waals surface area contributed by atoms with Crippen LogP contribution < -0.4 is 0 Å². The normalized spacial score (nSPS) is 23.5. The SMILES string of the molecule is COC(=O)CC(C)N1OC(CC(=O)OC)(C(=O)OC)CC1c1ccccc1. The third-order valence-electron chi connectivity index (χ3n) is 4.63. The number of ether oxygens (including phenoxy) is 3. The highest BCUT2D eigenvalue weighted by Gasteiger charge is 2.55. The molecule has 0 aromatic heterocycles. The maximum Gasteiger partial charge on any atom is 0.340 e. The Kier molecular flexibility index (Phi) is 6.92. The van der Waals surface area contributed by atoms with Gasteiger partial charge in [-0.05, 0) is 12.5 Å². The molecule has 0 aliphatic carbocycles. The topological polar surface area (TPSA) is 91.4 Å². The molecule has 2 rings (SSSR count). The Bertz CT molecular complexity index is 678. The molecule has 8 nitrogen and oxygen atoms in total. The molecule has 0 bridgehead atoms. The zero-order chi connectivity index (χ0) is 20.0. The van der Waals surface area contributed by atoms with E-state index in [9.17, 15) is 14.4 Å². The molecule has 27 heavy (non-hydrogen) atoms. The van der Waals surface area contributed by atoms with Gasteiger partial charge in [0.25, 0.3) is 0 Å². The quantitative estimate of drug-likeness (QED) is 0.523. The van der Waals surface area contributed by atoms with E-state index >= 15 is 0 Å². The van der Waals surface area contributed by atoms with Crippen molar-refractivity contribution in [1.82, 2.24) is 5.06 Å². The monoisotopic (exact) mass is 379 g/mol. The minimum absolute atomic E-state index is 0.0648. The Hall–Kier alpha value is -2.45. The molecular weight excluding hydrogens is 354 g/mol. The van der Waals surface area contributed by atoms with Crippen molar-refractivity contribution in [3.63, 3.8) is 0 Å². The molecule has 0 radical (unpaired) electrons. The third kappa shape index (κ3) is 4.64. The van der Waals surface area contributed by atoms with E-state index in [1.807, 2.05) is 30.3 Å². The van der Waals surface area contributed by atoms with Crippen molar-refractivity contribution in [2.75, 3.05) is 21.3 Å². The lowest BCUT2D eigenvalue weighted by Gasteiger charge is -2.30. The van der Waals surface area contributed by atoms with Gasteiger partial charge in [-0.1, -0.05) is 30.3 Å². The molecule has 1 aliphatic rings. The van der Waals surface area contributed by atoms with Gasteiger partial charge in [-0.15, -0.1) is 0 Å². The van der Waals surface area contributed by atoms with Gasteiger partial charge in [0.05, 0.1) is 40.2 Å². The van der Waals surface area contributed by atoms with E-state index in [1.54, 1.807) is 12.0 Å². The fourth-order valence-electron chi connectivity index (χ4n) is 3.25. The van der Waals surface area contributed by atoms with Gasteiger partial charge in [-0.25, -0.2) is 4.79 Å². The third-order valence-corrected chi connectivity index (χ3v) is 4.63. The summed E-state index contributed by atoms with van der Waals surface area (Å²) in [5, 5.41) is 1.58. The zero-order valence-corrected chi connectivity index (χ0v) is 16.0. The van der Waals surface area contributed by atoms with Crippen molar-refractivity contribution < 1.29 is 33.4 Å². The lowest BCUT2D eigenvalue weighted by Crippen LogP contribution is -2.44. The van der Waals surface area contributed by atoms with Crippen molar-refractivity contribution in [2.45, 2.75) is 43.9 Å². The van der Waals surface area contributed by atoms with Crippen LogP contribution in [0.2, 0.25) is 0 Å². The molecule has 1 saturated heterocycles. The van der Waals surface area contributed by atoms with Crippen molar-refractivity contribution in [3.05, 3.63) is 35.9 Å². The van der Waals surface area contributed by atoms with E-state index in [0.29, 0.717) is 0 Å². The first-order valence-electron chi connectivity index (χ1n) is 8.61. The molecular formula is C19H25NO7. The Morgan fingerprint density at radius 2 is 1.74 bits per heavy atom. The Morgan fingerprint density at radius 1 is 1.11 bits per heavy atom. The Labute approximate surface area is 158 Å². The number of nitrogens with zero attached hydrogens (tertiary/aromatic N) is 1. The number of hydrogen-bond acceptors (Lipinski definition) is 8. The smallest absolute Gasteiger partial charge is 0.340 e. The Balaban J connectivity index is 2.40. The van der Waals surface area contributed by atoms with Crippen LogP contribution in [0.5, 0.6) is 0 Å². The summed E-state index contributed by atoms with van der Waals surface area (Å²) in [7, 11) is 3.79. The van der Waals surface area contributed by atoms with Crippen LogP contribution in [0.4, 0.5) is 0 Å². The fourth-order valence-corrected chi connectivity index (χ4v) is 3.25. The summed E-state index contributed by atoms with van der Waals surface area (Å²) in [6, 6.07) is 8.67. The summed E-state index contributed by atoms with van der Waals surface area (Å²) >= 11 is 0. The van der Waals surface area contributed by atoms with Gasteiger partial charge in [-0.2, -0.15) is 5.06 Å².